The molecule has 15 heavy (non-hydrogen) atoms. The fraction of sp³-hybridized carbons (Fsp3) is 0.923. The van der Waals surface area contributed by atoms with Gasteiger partial charge in [-0.15, -0.1) is 0 Å². The van der Waals surface area contributed by atoms with Gasteiger partial charge in [0.1, 0.15) is 0 Å². The molecule has 0 aromatic rings. The van der Waals surface area contributed by atoms with Crippen LogP contribution in [0.5, 0.6) is 0 Å². The Kier molecular flexibility index (Phi) is 6.45. The molecule has 1 aliphatic carbocycles. The third-order valence-corrected chi connectivity index (χ3v) is 3.31. The maximum absolute atomic E-state index is 11.6. The van der Waals surface area contributed by atoms with E-state index in [-0.39, 0.29) is 0 Å². The van der Waals surface area contributed by atoms with Crippen LogP contribution in [-0.4, -0.2) is 12.5 Å². The number of hydrogen-bond acceptors (Lipinski definition) is 1. The van der Waals surface area contributed by atoms with Crippen molar-refractivity contribution < 1.29 is 4.79 Å². The monoisotopic (exact) mass is 211 g/mol. The number of carbonyl (C=O) groups excluding carboxylic acids is 1. The summed E-state index contributed by atoms with van der Waals surface area (Å²) in [7, 11) is 0. The molecule has 0 unspecified atom stereocenters. The van der Waals surface area contributed by atoms with Crippen LogP contribution in [0.15, 0.2) is 0 Å². The Morgan fingerprint density at radius 1 is 1.13 bits per heavy atom. The zero-order valence-electron chi connectivity index (χ0n) is 10.1. The van der Waals surface area contributed by atoms with Crippen molar-refractivity contribution in [2.24, 2.45) is 5.92 Å². The third kappa shape index (κ3) is 5.19. The molecular weight excluding hydrogens is 186 g/mol. The molecule has 1 amide bonds. The summed E-state index contributed by atoms with van der Waals surface area (Å²) >= 11 is 0. The van der Waals surface area contributed by atoms with Crippen LogP contribution >= 0.6 is 0 Å². The van der Waals surface area contributed by atoms with E-state index in [2.05, 4.69) is 12.2 Å². The molecule has 0 aromatic carbocycles. The molecule has 2 nitrogen and oxygen atoms in total. The highest BCUT2D eigenvalue weighted by molar-refractivity contribution is 5.78. The van der Waals surface area contributed by atoms with Gasteiger partial charge in [0.2, 0.25) is 5.91 Å². The Morgan fingerprint density at radius 2 is 1.80 bits per heavy atom. The van der Waals surface area contributed by atoms with Gasteiger partial charge in [-0.1, -0.05) is 45.4 Å². The van der Waals surface area contributed by atoms with Crippen LogP contribution in [0.1, 0.15) is 64.7 Å². The van der Waals surface area contributed by atoms with Crippen molar-refractivity contribution >= 4 is 5.91 Å². The van der Waals surface area contributed by atoms with Crippen LogP contribution in [0.3, 0.4) is 0 Å². The van der Waals surface area contributed by atoms with Gasteiger partial charge in [-0.05, 0) is 19.3 Å². The van der Waals surface area contributed by atoms with Crippen molar-refractivity contribution in [3.05, 3.63) is 0 Å². The predicted octanol–water partition coefficient (Wildman–Crippen LogP) is 3.26. The molecule has 1 saturated carbocycles. The highest BCUT2D eigenvalue weighted by atomic mass is 16.1. The van der Waals surface area contributed by atoms with Gasteiger partial charge in [-0.3, -0.25) is 4.79 Å². The lowest BCUT2D eigenvalue weighted by Crippen LogP contribution is -2.30. The van der Waals surface area contributed by atoms with Gasteiger partial charge in [-0.2, -0.15) is 0 Å². The van der Waals surface area contributed by atoms with Crippen LogP contribution in [0, 0.1) is 5.92 Å². The zero-order valence-corrected chi connectivity index (χ0v) is 10.1. The molecule has 1 aliphatic rings. The van der Waals surface area contributed by atoms with Gasteiger partial charge >= 0.3 is 0 Å². The lowest BCUT2D eigenvalue weighted by molar-refractivity contribution is -0.124. The number of nitrogens with one attached hydrogen (secondary N) is 1. The summed E-state index contributed by atoms with van der Waals surface area (Å²) in [6.45, 7) is 3.11. The minimum Gasteiger partial charge on any atom is -0.356 e. The summed E-state index contributed by atoms with van der Waals surface area (Å²) < 4.78 is 0. The van der Waals surface area contributed by atoms with Crippen LogP contribution in [0.25, 0.3) is 0 Å². The molecule has 0 bridgehead atoms. The van der Waals surface area contributed by atoms with Crippen molar-refractivity contribution in [2.45, 2.75) is 64.7 Å². The standard InChI is InChI=1S/C13H25NO/c1-2-3-4-5-8-11-14-13(15)12-9-6-7-10-12/h12H,2-11H2,1H3,(H,14,15). The number of unbranched alkanes of at least 4 members (excludes halogenated alkanes) is 4. The molecule has 0 radical (unpaired) electrons. The molecule has 0 aromatic heterocycles. The Hall–Kier alpha value is -0.530. The lowest BCUT2D eigenvalue weighted by Gasteiger charge is -2.09. The fourth-order valence-electron chi connectivity index (χ4n) is 2.27. The van der Waals surface area contributed by atoms with E-state index in [1.807, 2.05) is 0 Å². The zero-order chi connectivity index (χ0) is 10.9. The first-order valence-electron chi connectivity index (χ1n) is 6.62. The third-order valence-electron chi connectivity index (χ3n) is 3.31. The highest BCUT2D eigenvalue weighted by Gasteiger charge is 2.21. The molecular formula is C13H25NO. The first-order valence-corrected chi connectivity index (χ1v) is 6.62. The molecule has 2 heteroatoms. The average Bonchev–Trinajstić information content (AvgIpc) is 2.76. The number of hydrogen-bond donors (Lipinski definition) is 1. The van der Waals surface area contributed by atoms with Crippen LogP contribution < -0.4 is 5.32 Å². The van der Waals surface area contributed by atoms with E-state index in [0.717, 1.165) is 25.8 Å². The first-order chi connectivity index (χ1) is 7.34. The van der Waals surface area contributed by atoms with E-state index >= 15 is 0 Å². The fourth-order valence-corrected chi connectivity index (χ4v) is 2.27. The van der Waals surface area contributed by atoms with E-state index in [4.69, 9.17) is 0 Å². The lowest BCUT2D eigenvalue weighted by atomic mass is 10.1. The van der Waals surface area contributed by atoms with Crippen molar-refractivity contribution in [3.63, 3.8) is 0 Å². The van der Waals surface area contributed by atoms with Crippen molar-refractivity contribution in [1.82, 2.24) is 5.32 Å². The van der Waals surface area contributed by atoms with Gasteiger partial charge in [0.05, 0.1) is 0 Å². The topological polar surface area (TPSA) is 29.1 Å². The van der Waals surface area contributed by atoms with E-state index < -0.39 is 0 Å². The smallest absolute Gasteiger partial charge is 0.223 e. The Balaban J connectivity index is 1.92. The van der Waals surface area contributed by atoms with Crippen LogP contribution in [0.2, 0.25) is 0 Å². The van der Waals surface area contributed by atoms with Gasteiger partial charge in [-0.25, -0.2) is 0 Å². The average molecular weight is 211 g/mol. The summed E-state index contributed by atoms with van der Waals surface area (Å²) in [5, 5.41) is 3.06. The van der Waals surface area contributed by atoms with Crippen molar-refractivity contribution in [1.29, 1.82) is 0 Å². The Morgan fingerprint density at radius 3 is 2.47 bits per heavy atom. The molecule has 1 N–H and O–H groups in total. The van der Waals surface area contributed by atoms with Crippen molar-refractivity contribution in [3.8, 4) is 0 Å². The molecule has 0 spiro atoms. The summed E-state index contributed by atoms with van der Waals surface area (Å²) in [6, 6.07) is 0. The quantitative estimate of drug-likeness (QED) is 0.643. The molecule has 88 valence electrons. The van der Waals surface area contributed by atoms with Gasteiger partial charge in [0, 0.05) is 12.5 Å². The maximum atomic E-state index is 11.6. The summed E-state index contributed by atoms with van der Waals surface area (Å²) in [5.41, 5.74) is 0. The Labute approximate surface area is 93.8 Å². The molecule has 0 aliphatic heterocycles. The summed E-state index contributed by atoms with van der Waals surface area (Å²) in [5.74, 6) is 0.642. The molecule has 1 rings (SSSR count). The van der Waals surface area contributed by atoms with Gasteiger partial charge in [0.15, 0.2) is 0 Å². The predicted molar refractivity (Wildman–Crippen MR) is 63.7 cm³/mol. The van der Waals surface area contributed by atoms with Crippen LogP contribution in [0.4, 0.5) is 0 Å². The van der Waals surface area contributed by atoms with E-state index in [9.17, 15) is 4.79 Å². The second kappa shape index (κ2) is 7.72. The SMILES string of the molecule is CCCCCCCNC(=O)C1CCCC1. The largest absolute Gasteiger partial charge is 0.356 e. The summed E-state index contributed by atoms with van der Waals surface area (Å²) in [6.07, 6.45) is 11.1. The molecule has 0 atom stereocenters. The number of rotatable bonds is 7. The normalized spacial score (nSPS) is 16.9. The first kappa shape index (κ1) is 12.5. The molecule has 0 heterocycles. The van der Waals surface area contributed by atoms with E-state index in [1.54, 1.807) is 0 Å². The Bertz CT molecular complexity index is 173. The number of carbonyl (C=O) groups is 1. The molecule has 1 fully saturated rings. The highest BCUT2D eigenvalue weighted by Crippen LogP contribution is 2.24. The molecule has 0 saturated heterocycles. The van der Waals surface area contributed by atoms with Gasteiger partial charge < -0.3 is 5.32 Å². The van der Waals surface area contributed by atoms with E-state index in [1.165, 1.54) is 38.5 Å². The van der Waals surface area contributed by atoms with Gasteiger partial charge in [0.25, 0.3) is 0 Å². The van der Waals surface area contributed by atoms with E-state index in [0.29, 0.717) is 11.8 Å². The minimum absolute atomic E-state index is 0.308. The summed E-state index contributed by atoms with van der Waals surface area (Å²) in [4.78, 5) is 11.6. The minimum atomic E-state index is 0.308. The second-order valence-corrected chi connectivity index (χ2v) is 4.69. The maximum Gasteiger partial charge on any atom is 0.223 e. The second-order valence-electron chi connectivity index (χ2n) is 4.69. The van der Waals surface area contributed by atoms with Crippen molar-refractivity contribution in [2.75, 3.05) is 6.54 Å². The number of amides is 1. The van der Waals surface area contributed by atoms with Crippen LogP contribution in [-0.2, 0) is 4.79 Å².